The molecule has 2 heterocycles. The van der Waals surface area contributed by atoms with Crippen LogP contribution in [0.4, 0.5) is 5.82 Å². The molecule has 168 valence electrons. The van der Waals surface area contributed by atoms with E-state index in [1.807, 2.05) is 62.5 Å². The van der Waals surface area contributed by atoms with E-state index in [-0.39, 0.29) is 12.7 Å². The monoisotopic (exact) mass is 425 g/mol. The molecule has 1 saturated heterocycles. The van der Waals surface area contributed by atoms with Crippen LogP contribution in [0.3, 0.4) is 0 Å². The lowest BCUT2D eigenvalue weighted by atomic mass is 10.1. The van der Waals surface area contributed by atoms with Crippen LogP contribution in [0.2, 0.25) is 0 Å². The van der Waals surface area contributed by atoms with Crippen LogP contribution in [0.25, 0.3) is 0 Å². The Morgan fingerprint density at radius 1 is 1.19 bits per heavy atom. The van der Waals surface area contributed by atoms with E-state index in [2.05, 4.69) is 31.6 Å². The number of piperidine rings is 1. The van der Waals surface area contributed by atoms with Crippen LogP contribution in [0, 0.1) is 0 Å². The van der Waals surface area contributed by atoms with Crippen molar-refractivity contribution in [2.45, 2.75) is 44.9 Å². The van der Waals surface area contributed by atoms with E-state index in [1.54, 1.807) is 0 Å². The average Bonchev–Trinajstić information content (AvgIpc) is 2.82. The fraction of sp³-hybridized carbons (Fsp3) is 0.500. The first-order valence-electron chi connectivity index (χ1n) is 11.2. The third-order valence-electron chi connectivity index (χ3n) is 5.42. The number of anilines is 1. The number of benzene rings is 1. The van der Waals surface area contributed by atoms with Crippen molar-refractivity contribution in [2.24, 2.45) is 4.99 Å². The van der Waals surface area contributed by atoms with Gasteiger partial charge in [0.25, 0.3) is 0 Å². The maximum Gasteiger partial charge on any atom is 0.191 e. The number of nitrogens with one attached hydrogen (secondary N) is 2. The summed E-state index contributed by atoms with van der Waals surface area (Å²) < 4.78 is 5.81. The Kier molecular flexibility index (Phi) is 9.12. The fourth-order valence-electron chi connectivity index (χ4n) is 3.63. The molecule has 31 heavy (non-hydrogen) atoms. The molecule has 3 N–H and O–H groups in total. The minimum absolute atomic E-state index is 0.0597. The summed E-state index contributed by atoms with van der Waals surface area (Å²) in [7, 11) is 0. The van der Waals surface area contributed by atoms with Gasteiger partial charge in [0.1, 0.15) is 5.82 Å². The van der Waals surface area contributed by atoms with Crippen molar-refractivity contribution in [3.05, 3.63) is 60.3 Å². The first kappa shape index (κ1) is 23.0. The third kappa shape index (κ3) is 7.52. The second-order valence-corrected chi connectivity index (χ2v) is 7.85. The molecular weight excluding hydrogens is 390 g/mol. The summed E-state index contributed by atoms with van der Waals surface area (Å²) in [5.41, 5.74) is 1.10. The lowest BCUT2D eigenvalue weighted by Crippen LogP contribution is -2.49. The molecule has 3 rings (SSSR count). The van der Waals surface area contributed by atoms with Crippen molar-refractivity contribution < 1.29 is 9.84 Å². The van der Waals surface area contributed by atoms with Crippen molar-refractivity contribution in [1.29, 1.82) is 0 Å². The number of aliphatic hydroxyl groups excluding tert-OH is 1. The standard InChI is InChI=1S/C24H35N5O2/c1-3-25-24(27-17-22(30)18-31-19(2)20-9-5-4-6-10-20)28-21-12-15-29(16-13-21)23-11-7-8-14-26-23/h4-11,14,19,21-22,30H,3,12-13,15-18H2,1-2H3,(H2,25,27,28). The molecule has 2 unspecified atom stereocenters. The molecule has 1 fully saturated rings. The number of aliphatic hydroxyl groups is 1. The maximum atomic E-state index is 10.3. The maximum absolute atomic E-state index is 10.3. The molecule has 2 aromatic rings. The summed E-state index contributed by atoms with van der Waals surface area (Å²) in [5, 5.41) is 17.1. The van der Waals surface area contributed by atoms with Crippen LogP contribution in [-0.2, 0) is 4.74 Å². The number of rotatable bonds is 9. The van der Waals surface area contributed by atoms with Gasteiger partial charge in [0.2, 0.25) is 0 Å². The van der Waals surface area contributed by atoms with Gasteiger partial charge in [0.15, 0.2) is 5.96 Å². The topological polar surface area (TPSA) is 82.0 Å². The first-order valence-corrected chi connectivity index (χ1v) is 11.2. The van der Waals surface area contributed by atoms with Gasteiger partial charge in [0, 0.05) is 31.9 Å². The van der Waals surface area contributed by atoms with Gasteiger partial charge in [-0.15, -0.1) is 0 Å². The summed E-state index contributed by atoms with van der Waals surface area (Å²) in [5.74, 6) is 1.78. The summed E-state index contributed by atoms with van der Waals surface area (Å²) in [6.07, 6.45) is 3.16. The van der Waals surface area contributed by atoms with Crippen molar-refractivity contribution in [3.8, 4) is 0 Å². The number of aromatic nitrogens is 1. The summed E-state index contributed by atoms with van der Waals surface area (Å²) >= 11 is 0. The van der Waals surface area contributed by atoms with Crippen molar-refractivity contribution in [3.63, 3.8) is 0 Å². The molecule has 1 aliphatic heterocycles. The van der Waals surface area contributed by atoms with E-state index in [0.717, 1.165) is 49.8 Å². The molecule has 2 atom stereocenters. The van der Waals surface area contributed by atoms with Gasteiger partial charge in [-0.3, -0.25) is 4.99 Å². The quantitative estimate of drug-likeness (QED) is 0.423. The molecule has 1 aromatic carbocycles. The highest BCUT2D eigenvalue weighted by atomic mass is 16.5. The fourth-order valence-corrected chi connectivity index (χ4v) is 3.63. The van der Waals surface area contributed by atoms with E-state index in [4.69, 9.17) is 4.74 Å². The van der Waals surface area contributed by atoms with Crippen LogP contribution in [0.5, 0.6) is 0 Å². The molecule has 0 spiro atoms. The molecule has 0 saturated carbocycles. The smallest absolute Gasteiger partial charge is 0.191 e. The van der Waals surface area contributed by atoms with Gasteiger partial charge in [-0.25, -0.2) is 4.98 Å². The van der Waals surface area contributed by atoms with Crippen LogP contribution >= 0.6 is 0 Å². The molecule has 0 aliphatic carbocycles. The molecule has 1 aliphatic rings. The van der Waals surface area contributed by atoms with Gasteiger partial charge in [-0.2, -0.15) is 0 Å². The Morgan fingerprint density at radius 3 is 2.61 bits per heavy atom. The molecule has 1 aromatic heterocycles. The van der Waals surface area contributed by atoms with Crippen LogP contribution < -0.4 is 15.5 Å². The third-order valence-corrected chi connectivity index (χ3v) is 5.42. The number of hydrogen-bond donors (Lipinski definition) is 3. The largest absolute Gasteiger partial charge is 0.389 e. The van der Waals surface area contributed by atoms with Crippen LogP contribution in [-0.4, -0.2) is 61.0 Å². The lowest BCUT2D eigenvalue weighted by Gasteiger charge is -2.33. The number of nitrogens with zero attached hydrogens (tertiary/aromatic N) is 3. The Balaban J connectivity index is 1.43. The zero-order valence-corrected chi connectivity index (χ0v) is 18.6. The summed E-state index contributed by atoms with van der Waals surface area (Å²) in [6.45, 7) is 7.28. The van der Waals surface area contributed by atoms with Gasteiger partial charge in [0.05, 0.1) is 25.4 Å². The molecule has 7 nitrogen and oxygen atoms in total. The number of pyridine rings is 1. The van der Waals surface area contributed by atoms with E-state index < -0.39 is 6.10 Å². The molecular formula is C24H35N5O2. The molecule has 0 amide bonds. The lowest BCUT2D eigenvalue weighted by molar-refractivity contribution is 0.00111. The summed E-state index contributed by atoms with van der Waals surface area (Å²) in [4.78, 5) is 11.3. The normalized spacial score (nSPS) is 17.3. The predicted octanol–water partition coefficient (Wildman–Crippen LogP) is 2.74. The van der Waals surface area contributed by atoms with Crippen LogP contribution in [0.15, 0.2) is 59.7 Å². The minimum Gasteiger partial charge on any atom is -0.389 e. The van der Waals surface area contributed by atoms with E-state index >= 15 is 0 Å². The number of guanidine groups is 1. The number of aliphatic imine (C=N–C) groups is 1. The Bertz CT molecular complexity index is 779. The Morgan fingerprint density at radius 2 is 1.94 bits per heavy atom. The van der Waals surface area contributed by atoms with Gasteiger partial charge in [-0.05, 0) is 44.4 Å². The average molecular weight is 426 g/mol. The number of hydrogen-bond acceptors (Lipinski definition) is 5. The second-order valence-electron chi connectivity index (χ2n) is 7.85. The number of ether oxygens (including phenoxy) is 1. The van der Waals surface area contributed by atoms with Crippen molar-refractivity contribution in [1.82, 2.24) is 15.6 Å². The zero-order chi connectivity index (χ0) is 21.9. The molecule has 0 radical (unpaired) electrons. The van der Waals surface area contributed by atoms with E-state index in [0.29, 0.717) is 12.6 Å². The Hall–Kier alpha value is -2.64. The highest BCUT2D eigenvalue weighted by Crippen LogP contribution is 2.17. The van der Waals surface area contributed by atoms with Gasteiger partial charge in [-0.1, -0.05) is 36.4 Å². The van der Waals surface area contributed by atoms with E-state index in [9.17, 15) is 5.11 Å². The second kappa shape index (κ2) is 12.3. The zero-order valence-electron chi connectivity index (χ0n) is 18.6. The van der Waals surface area contributed by atoms with Crippen molar-refractivity contribution in [2.75, 3.05) is 37.7 Å². The highest BCUT2D eigenvalue weighted by Gasteiger charge is 2.21. The Labute approximate surface area is 185 Å². The molecule has 0 bridgehead atoms. The van der Waals surface area contributed by atoms with Gasteiger partial charge < -0.3 is 25.4 Å². The first-order chi connectivity index (χ1) is 15.2. The minimum atomic E-state index is -0.646. The SMILES string of the molecule is CCNC(=NCC(O)COC(C)c1ccccc1)NC1CCN(c2ccccn2)CC1. The molecule has 7 heteroatoms. The van der Waals surface area contributed by atoms with Crippen LogP contribution in [0.1, 0.15) is 38.4 Å². The predicted molar refractivity (Wildman–Crippen MR) is 125 cm³/mol. The highest BCUT2D eigenvalue weighted by molar-refractivity contribution is 5.80. The van der Waals surface area contributed by atoms with Gasteiger partial charge >= 0.3 is 0 Å². The summed E-state index contributed by atoms with van der Waals surface area (Å²) in [6, 6.07) is 16.4. The van der Waals surface area contributed by atoms with Crippen molar-refractivity contribution >= 4 is 11.8 Å². The van der Waals surface area contributed by atoms with E-state index in [1.165, 1.54) is 0 Å².